The van der Waals surface area contributed by atoms with Gasteiger partial charge in [0.15, 0.2) is 0 Å². The fourth-order valence-electron chi connectivity index (χ4n) is 4.32. The molecule has 0 spiro atoms. The summed E-state index contributed by atoms with van der Waals surface area (Å²) in [5.41, 5.74) is 3.09. The minimum absolute atomic E-state index is 0.168. The van der Waals surface area contributed by atoms with Gasteiger partial charge in [0.2, 0.25) is 5.88 Å². The number of rotatable bonds is 7. The van der Waals surface area contributed by atoms with Crippen molar-refractivity contribution in [2.45, 2.75) is 31.5 Å². The zero-order chi connectivity index (χ0) is 20.9. The number of benzene rings is 1. The number of para-hydroxylation sites is 1. The molecule has 0 saturated carbocycles. The van der Waals surface area contributed by atoms with Crippen LogP contribution in [0.25, 0.3) is 10.9 Å². The number of hydrogen-bond acceptors (Lipinski definition) is 6. The topological polar surface area (TPSA) is 61.7 Å². The fraction of sp³-hybridized carbons (Fsp3) is 0.417. The standard InChI is InChI=1S/C24H30N4O2/c1-27(13-10-20-8-5-6-12-25-20)22-11-14-28(17-23(22)29)16-19-15-18-7-3-4-9-21(18)26-24(19)30-2/h3-9,12,15,22-23,29H,10-11,13-14,16-17H2,1-2H3/t22-,23-/m1/s1. The van der Waals surface area contributed by atoms with E-state index in [1.165, 1.54) is 0 Å². The van der Waals surface area contributed by atoms with Crippen molar-refractivity contribution in [2.75, 3.05) is 33.8 Å². The van der Waals surface area contributed by atoms with E-state index in [-0.39, 0.29) is 12.1 Å². The highest BCUT2D eigenvalue weighted by Crippen LogP contribution is 2.25. The first-order chi connectivity index (χ1) is 14.6. The molecule has 1 aromatic carbocycles. The van der Waals surface area contributed by atoms with E-state index >= 15 is 0 Å². The second-order valence-corrected chi connectivity index (χ2v) is 8.06. The lowest BCUT2D eigenvalue weighted by Gasteiger charge is -2.40. The van der Waals surface area contributed by atoms with Gasteiger partial charge in [-0.1, -0.05) is 24.3 Å². The molecule has 1 N–H and O–H groups in total. The molecule has 0 amide bonds. The highest BCUT2D eigenvalue weighted by molar-refractivity contribution is 5.80. The molecule has 1 aliphatic heterocycles. The van der Waals surface area contributed by atoms with E-state index in [4.69, 9.17) is 4.74 Å². The van der Waals surface area contributed by atoms with E-state index in [0.717, 1.165) is 54.6 Å². The number of hydrogen-bond donors (Lipinski definition) is 1. The van der Waals surface area contributed by atoms with Gasteiger partial charge >= 0.3 is 0 Å². The molecule has 3 heterocycles. The Bertz CT molecular complexity index is 966. The number of aliphatic hydroxyl groups is 1. The number of likely N-dealkylation sites (tertiary alicyclic amines) is 1. The molecule has 6 heteroatoms. The lowest BCUT2D eigenvalue weighted by atomic mass is 9.99. The van der Waals surface area contributed by atoms with Crippen LogP contribution in [0.4, 0.5) is 0 Å². The van der Waals surface area contributed by atoms with E-state index in [1.54, 1.807) is 7.11 Å². The number of β-amino-alcohol motifs (C(OH)–C–C–N with tert-alkyl or cyclic N) is 1. The first kappa shape index (κ1) is 20.7. The summed E-state index contributed by atoms with van der Waals surface area (Å²) in [6, 6.07) is 16.4. The van der Waals surface area contributed by atoms with Gasteiger partial charge in [0.05, 0.1) is 18.7 Å². The minimum Gasteiger partial charge on any atom is -0.481 e. The predicted octanol–water partition coefficient (Wildman–Crippen LogP) is 2.75. The first-order valence-electron chi connectivity index (χ1n) is 10.6. The number of pyridine rings is 2. The minimum atomic E-state index is -0.383. The zero-order valence-corrected chi connectivity index (χ0v) is 17.7. The second kappa shape index (κ2) is 9.51. The predicted molar refractivity (Wildman–Crippen MR) is 119 cm³/mol. The summed E-state index contributed by atoms with van der Waals surface area (Å²) in [6.45, 7) is 3.20. The molecule has 0 unspecified atom stereocenters. The smallest absolute Gasteiger partial charge is 0.218 e. The summed E-state index contributed by atoms with van der Waals surface area (Å²) in [4.78, 5) is 13.6. The van der Waals surface area contributed by atoms with Gasteiger partial charge in [-0.3, -0.25) is 9.88 Å². The molecule has 0 bridgehead atoms. The van der Waals surface area contributed by atoms with Gasteiger partial charge in [-0.15, -0.1) is 0 Å². The van der Waals surface area contributed by atoms with Crippen molar-refractivity contribution in [3.63, 3.8) is 0 Å². The Balaban J connectivity index is 1.37. The third kappa shape index (κ3) is 4.78. The van der Waals surface area contributed by atoms with Gasteiger partial charge in [-0.05, 0) is 37.7 Å². The van der Waals surface area contributed by atoms with E-state index < -0.39 is 0 Å². The lowest BCUT2D eigenvalue weighted by Crippen LogP contribution is -2.53. The van der Waals surface area contributed by atoms with Crippen molar-refractivity contribution >= 4 is 10.9 Å². The average Bonchev–Trinajstić information content (AvgIpc) is 2.78. The molecule has 2 atom stereocenters. The molecule has 6 nitrogen and oxygen atoms in total. The number of fused-ring (bicyclic) bond motifs is 1. The van der Waals surface area contributed by atoms with Gasteiger partial charge in [-0.2, -0.15) is 0 Å². The second-order valence-electron chi connectivity index (χ2n) is 8.06. The summed E-state index contributed by atoms with van der Waals surface area (Å²) >= 11 is 0. The molecular weight excluding hydrogens is 376 g/mol. The Morgan fingerprint density at radius 1 is 1.20 bits per heavy atom. The lowest BCUT2D eigenvalue weighted by molar-refractivity contribution is -0.00640. The van der Waals surface area contributed by atoms with Crippen molar-refractivity contribution in [3.05, 3.63) is 66.0 Å². The molecule has 0 aliphatic carbocycles. The van der Waals surface area contributed by atoms with Crippen LogP contribution in [0, 0.1) is 0 Å². The molecule has 30 heavy (non-hydrogen) atoms. The molecule has 158 valence electrons. The van der Waals surface area contributed by atoms with Crippen LogP contribution in [0.15, 0.2) is 54.7 Å². The summed E-state index contributed by atoms with van der Waals surface area (Å²) in [5.74, 6) is 0.665. The maximum atomic E-state index is 10.8. The monoisotopic (exact) mass is 406 g/mol. The summed E-state index contributed by atoms with van der Waals surface area (Å²) < 4.78 is 5.54. The molecule has 1 saturated heterocycles. The molecule has 0 radical (unpaired) electrons. The highest BCUT2D eigenvalue weighted by Gasteiger charge is 2.30. The fourth-order valence-corrected chi connectivity index (χ4v) is 4.32. The number of ether oxygens (including phenoxy) is 1. The Labute approximate surface area is 178 Å². The van der Waals surface area contributed by atoms with Crippen LogP contribution in [-0.2, 0) is 13.0 Å². The van der Waals surface area contributed by atoms with Gasteiger partial charge in [0.1, 0.15) is 0 Å². The van der Waals surface area contributed by atoms with Gasteiger partial charge < -0.3 is 14.7 Å². The normalized spacial score (nSPS) is 20.0. The molecule has 4 rings (SSSR count). The van der Waals surface area contributed by atoms with Crippen LogP contribution in [0.2, 0.25) is 0 Å². The molecule has 3 aromatic rings. The zero-order valence-electron chi connectivity index (χ0n) is 17.7. The van der Waals surface area contributed by atoms with Gasteiger partial charge in [-0.25, -0.2) is 4.98 Å². The SMILES string of the molecule is COc1nc2ccccc2cc1CN1CC[C@@H](N(C)CCc2ccccn2)[C@H](O)C1. The number of aromatic nitrogens is 2. The number of piperidine rings is 1. The number of methoxy groups -OCH3 is 1. The average molecular weight is 407 g/mol. The Morgan fingerprint density at radius 3 is 2.80 bits per heavy atom. The van der Waals surface area contributed by atoms with Crippen molar-refractivity contribution in [2.24, 2.45) is 0 Å². The maximum Gasteiger partial charge on any atom is 0.218 e. The number of nitrogens with zero attached hydrogens (tertiary/aromatic N) is 4. The molecule has 2 aromatic heterocycles. The van der Waals surface area contributed by atoms with Crippen LogP contribution in [-0.4, -0.2) is 70.8 Å². The van der Waals surface area contributed by atoms with Gasteiger partial charge in [0, 0.05) is 61.5 Å². The Kier molecular flexibility index (Phi) is 6.57. The first-order valence-corrected chi connectivity index (χ1v) is 10.6. The number of aliphatic hydroxyl groups excluding tert-OH is 1. The van der Waals surface area contributed by atoms with Crippen LogP contribution in [0.1, 0.15) is 17.7 Å². The van der Waals surface area contributed by atoms with Crippen molar-refractivity contribution in [1.29, 1.82) is 0 Å². The van der Waals surface area contributed by atoms with Crippen LogP contribution < -0.4 is 4.74 Å². The third-order valence-electron chi connectivity index (χ3n) is 5.99. The van der Waals surface area contributed by atoms with Crippen molar-refractivity contribution in [1.82, 2.24) is 19.8 Å². The van der Waals surface area contributed by atoms with Crippen molar-refractivity contribution in [3.8, 4) is 5.88 Å². The number of likely N-dealkylation sites (N-methyl/N-ethyl adjacent to an activating group) is 1. The van der Waals surface area contributed by atoms with Crippen LogP contribution >= 0.6 is 0 Å². The highest BCUT2D eigenvalue weighted by atomic mass is 16.5. The van der Waals surface area contributed by atoms with Crippen LogP contribution in [0.5, 0.6) is 5.88 Å². The summed E-state index contributed by atoms with van der Waals surface area (Å²) in [7, 11) is 3.76. The van der Waals surface area contributed by atoms with E-state index in [1.807, 2.05) is 36.5 Å². The van der Waals surface area contributed by atoms with E-state index in [0.29, 0.717) is 12.4 Å². The summed E-state index contributed by atoms with van der Waals surface area (Å²) in [6.07, 6.45) is 3.28. The largest absolute Gasteiger partial charge is 0.481 e. The maximum absolute atomic E-state index is 10.8. The molecule has 1 fully saturated rings. The van der Waals surface area contributed by atoms with Gasteiger partial charge in [0.25, 0.3) is 0 Å². The van der Waals surface area contributed by atoms with E-state index in [2.05, 4.69) is 45.0 Å². The quantitative estimate of drug-likeness (QED) is 0.651. The summed E-state index contributed by atoms with van der Waals surface area (Å²) in [5, 5.41) is 11.9. The Morgan fingerprint density at radius 2 is 2.03 bits per heavy atom. The molecular formula is C24H30N4O2. The molecule has 1 aliphatic rings. The van der Waals surface area contributed by atoms with Crippen molar-refractivity contribution < 1.29 is 9.84 Å². The third-order valence-corrected chi connectivity index (χ3v) is 5.99. The van der Waals surface area contributed by atoms with Crippen LogP contribution in [0.3, 0.4) is 0 Å². The Hall–Kier alpha value is -2.54. The van der Waals surface area contributed by atoms with E-state index in [9.17, 15) is 5.11 Å².